The van der Waals surface area contributed by atoms with Gasteiger partial charge in [0.15, 0.2) is 0 Å². The molecule has 0 radical (unpaired) electrons. The van der Waals surface area contributed by atoms with Gasteiger partial charge in [0, 0.05) is 18.7 Å². The van der Waals surface area contributed by atoms with E-state index in [1.165, 1.54) is 12.1 Å². The van der Waals surface area contributed by atoms with Gasteiger partial charge in [0.2, 0.25) is 6.29 Å². The highest BCUT2D eigenvalue weighted by molar-refractivity contribution is 6.23. The Bertz CT molecular complexity index is 572. The summed E-state index contributed by atoms with van der Waals surface area (Å²) >= 11 is 0. The van der Waals surface area contributed by atoms with Crippen LogP contribution < -0.4 is 4.74 Å². The number of hydrogen-bond acceptors (Lipinski definition) is 3. The summed E-state index contributed by atoms with van der Waals surface area (Å²) in [6, 6.07) is 4.62. The second-order valence-corrected chi connectivity index (χ2v) is 7.09. The molecule has 1 heterocycles. The van der Waals surface area contributed by atoms with Gasteiger partial charge in [-0.15, -0.1) is 0 Å². The van der Waals surface area contributed by atoms with E-state index >= 15 is 0 Å². The van der Waals surface area contributed by atoms with Crippen molar-refractivity contribution in [2.24, 2.45) is 5.92 Å². The molecule has 2 rings (SSSR count). The average molecular weight is 321 g/mol. The number of carbonyl (C=O) groups is 2. The SMILES string of the molecule is CC(C)(C)c1cc(F)ccc1OCC1CCN(C(=O)C=O)CC1. The Balaban J connectivity index is 1.95. The van der Waals surface area contributed by atoms with Crippen LogP contribution in [0.2, 0.25) is 0 Å². The molecule has 1 amide bonds. The summed E-state index contributed by atoms with van der Waals surface area (Å²) in [4.78, 5) is 23.4. The molecule has 1 aliphatic rings. The Labute approximate surface area is 136 Å². The van der Waals surface area contributed by atoms with Crippen LogP contribution in [0.1, 0.15) is 39.2 Å². The van der Waals surface area contributed by atoms with E-state index < -0.39 is 5.91 Å². The van der Waals surface area contributed by atoms with Crippen LogP contribution in [0.4, 0.5) is 4.39 Å². The average Bonchev–Trinajstić information content (AvgIpc) is 2.52. The van der Waals surface area contributed by atoms with Crippen LogP contribution in [-0.2, 0) is 15.0 Å². The third-order valence-electron chi connectivity index (χ3n) is 4.25. The summed E-state index contributed by atoms with van der Waals surface area (Å²) in [5, 5.41) is 0. The number of amides is 1. The first-order valence-electron chi connectivity index (χ1n) is 7.98. The second-order valence-electron chi connectivity index (χ2n) is 7.09. The molecule has 1 saturated heterocycles. The lowest BCUT2D eigenvalue weighted by molar-refractivity contribution is -0.139. The number of rotatable bonds is 4. The zero-order valence-corrected chi connectivity index (χ0v) is 14.0. The van der Waals surface area contributed by atoms with Crippen molar-refractivity contribution in [3.63, 3.8) is 0 Å². The highest BCUT2D eigenvalue weighted by atomic mass is 19.1. The molecule has 1 aromatic rings. The molecular weight excluding hydrogens is 297 g/mol. The number of hydrogen-bond donors (Lipinski definition) is 0. The van der Waals surface area contributed by atoms with Crippen molar-refractivity contribution in [1.29, 1.82) is 0 Å². The molecule has 0 spiro atoms. The Hall–Kier alpha value is -1.91. The van der Waals surface area contributed by atoms with Crippen molar-refractivity contribution in [1.82, 2.24) is 4.90 Å². The van der Waals surface area contributed by atoms with Gasteiger partial charge >= 0.3 is 0 Å². The molecule has 1 aromatic carbocycles. The zero-order valence-electron chi connectivity index (χ0n) is 14.0. The molecule has 126 valence electrons. The lowest BCUT2D eigenvalue weighted by Crippen LogP contribution is -2.40. The summed E-state index contributed by atoms with van der Waals surface area (Å²) in [6.45, 7) is 7.79. The maximum absolute atomic E-state index is 13.5. The fourth-order valence-corrected chi connectivity index (χ4v) is 2.82. The summed E-state index contributed by atoms with van der Waals surface area (Å²) in [5.41, 5.74) is 0.656. The summed E-state index contributed by atoms with van der Waals surface area (Å²) in [6.07, 6.45) is 1.99. The largest absolute Gasteiger partial charge is 0.493 e. The summed E-state index contributed by atoms with van der Waals surface area (Å²) in [7, 11) is 0. The van der Waals surface area contributed by atoms with Gasteiger partial charge < -0.3 is 9.64 Å². The maximum Gasteiger partial charge on any atom is 0.286 e. The highest BCUT2D eigenvalue weighted by Gasteiger charge is 2.24. The third kappa shape index (κ3) is 4.53. The van der Waals surface area contributed by atoms with E-state index in [4.69, 9.17) is 4.74 Å². The van der Waals surface area contributed by atoms with Gasteiger partial charge in [0.05, 0.1) is 6.61 Å². The quantitative estimate of drug-likeness (QED) is 0.633. The van der Waals surface area contributed by atoms with E-state index in [1.54, 1.807) is 11.0 Å². The monoisotopic (exact) mass is 321 g/mol. The zero-order chi connectivity index (χ0) is 17.0. The molecule has 1 fully saturated rings. The number of nitrogens with zero attached hydrogens (tertiary/aromatic N) is 1. The van der Waals surface area contributed by atoms with Crippen LogP contribution in [0.3, 0.4) is 0 Å². The van der Waals surface area contributed by atoms with Crippen molar-refractivity contribution >= 4 is 12.2 Å². The topological polar surface area (TPSA) is 46.6 Å². The van der Waals surface area contributed by atoms with Gasteiger partial charge in [-0.1, -0.05) is 20.8 Å². The van der Waals surface area contributed by atoms with Gasteiger partial charge in [0.1, 0.15) is 11.6 Å². The standard InChI is InChI=1S/C18H24FNO3/c1-18(2,3)15-10-14(19)4-5-16(15)23-12-13-6-8-20(9-7-13)17(22)11-21/h4-5,10-11,13H,6-9,12H2,1-3H3. The van der Waals surface area contributed by atoms with Gasteiger partial charge in [0.25, 0.3) is 5.91 Å². The van der Waals surface area contributed by atoms with Crippen molar-refractivity contribution in [3.8, 4) is 5.75 Å². The number of aldehydes is 1. The minimum atomic E-state index is -0.446. The molecule has 1 aliphatic heterocycles. The molecule has 0 aromatic heterocycles. The fourth-order valence-electron chi connectivity index (χ4n) is 2.82. The molecule has 4 nitrogen and oxygen atoms in total. The molecule has 0 bridgehead atoms. The van der Waals surface area contributed by atoms with E-state index in [-0.39, 0.29) is 11.2 Å². The first kappa shape index (κ1) is 17.4. The first-order valence-corrected chi connectivity index (χ1v) is 7.98. The van der Waals surface area contributed by atoms with Crippen molar-refractivity contribution < 1.29 is 18.7 Å². The number of carbonyl (C=O) groups excluding carboxylic acids is 2. The van der Waals surface area contributed by atoms with Gasteiger partial charge in [-0.2, -0.15) is 0 Å². The van der Waals surface area contributed by atoms with Crippen LogP contribution in [0.5, 0.6) is 5.75 Å². The van der Waals surface area contributed by atoms with E-state index in [1.807, 2.05) is 20.8 Å². The van der Waals surface area contributed by atoms with Crippen LogP contribution in [-0.4, -0.2) is 36.8 Å². The van der Waals surface area contributed by atoms with Crippen molar-refractivity contribution in [2.45, 2.75) is 39.0 Å². The molecule has 0 aliphatic carbocycles. The van der Waals surface area contributed by atoms with Crippen molar-refractivity contribution in [2.75, 3.05) is 19.7 Å². The fraction of sp³-hybridized carbons (Fsp3) is 0.556. The Kier molecular flexibility index (Phi) is 5.39. The first-order chi connectivity index (χ1) is 10.8. The van der Waals surface area contributed by atoms with E-state index in [0.29, 0.717) is 37.6 Å². The third-order valence-corrected chi connectivity index (χ3v) is 4.25. The molecule has 0 atom stereocenters. The minimum Gasteiger partial charge on any atom is -0.493 e. The van der Waals surface area contributed by atoms with Gasteiger partial charge in [-0.05, 0) is 42.4 Å². The van der Waals surface area contributed by atoms with Gasteiger partial charge in [-0.25, -0.2) is 4.39 Å². The minimum absolute atomic E-state index is 0.197. The number of likely N-dealkylation sites (tertiary alicyclic amines) is 1. The Morgan fingerprint density at radius 1 is 1.35 bits per heavy atom. The number of ether oxygens (including phenoxy) is 1. The lowest BCUT2D eigenvalue weighted by atomic mass is 9.86. The molecule has 0 N–H and O–H groups in total. The number of piperidine rings is 1. The molecule has 0 saturated carbocycles. The summed E-state index contributed by atoms with van der Waals surface area (Å²) < 4.78 is 19.4. The van der Waals surface area contributed by atoms with Crippen molar-refractivity contribution in [3.05, 3.63) is 29.6 Å². The van der Waals surface area contributed by atoms with Crippen LogP contribution in [0, 0.1) is 11.7 Å². The molecule has 23 heavy (non-hydrogen) atoms. The Morgan fingerprint density at radius 3 is 2.57 bits per heavy atom. The Morgan fingerprint density at radius 2 is 2.00 bits per heavy atom. The second kappa shape index (κ2) is 7.11. The van der Waals surface area contributed by atoms with Gasteiger partial charge in [-0.3, -0.25) is 9.59 Å². The smallest absolute Gasteiger partial charge is 0.286 e. The van der Waals surface area contributed by atoms with E-state index in [0.717, 1.165) is 18.4 Å². The highest BCUT2D eigenvalue weighted by Crippen LogP contribution is 2.32. The summed E-state index contributed by atoms with van der Waals surface area (Å²) in [5.74, 6) is 0.342. The predicted molar refractivity (Wildman–Crippen MR) is 86.0 cm³/mol. The molecular formula is C18H24FNO3. The van der Waals surface area contributed by atoms with E-state index in [2.05, 4.69) is 0 Å². The van der Waals surface area contributed by atoms with Crippen LogP contribution >= 0.6 is 0 Å². The van der Waals surface area contributed by atoms with E-state index in [9.17, 15) is 14.0 Å². The van der Waals surface area contributed by atoms with Crippen LogP contribution in [0.25, 0.3) is 0 Å². The maximum atomic E-state index is 13.5. The predicted octanol–water partition coefficient (Wildman–Crippen LogP) is 2.94. The number of halogens is 1. The normalized spacial score (nSPS) is 16.3. The number of benzene rings is 1. The van der Waals surface area contributed by atoms with Crippen LogP contribution in [0.15, 0.2) is 18.2 Å². The molecule has 5 heteroatoms. The molecule has 0 unspecified atom stereocenters. The lowest BCUT2D eigenvalue weighted by Gasteiger charge is -2.31.